The zero-order valence-corrected chi connectivity index (χ0v) is 15.6. The van der Waals surface area contributed by atoms with Crippen LogP contribution in [0.25, 0.3) is 12.2 Å². The van der Waals surface area contributed by atoms with E-state index in [9.17, 15) is 14.4 Å². The summed E-state index contributed by atoms with van der Waals surface area (Å²) in [5.41, 5.74) is 2.61. The van der Waals surface area contributed by atoms with Crippen molar-refractivity contribution in [2.24, 2.45) is 0 Å². The van der Waals surface area contributed by atoms with Gasteiger partial charge in [-0.3, -0.25) is 19.7 Å². The number of nitrogens with one attached hydrogen (secondary N) is 2. The highest BCUT2D eigenvalue weighted by Crippen LogP contribution is 2.25. The summed E-state index contributed by atoms with van der Waals surface area (Å²) in [6, 6.07) is 14.6. The van der Waals surface area contributed by atoms with Crippen LogP contribution in [-0.4, -0.2) is 17.1 Å². The number of imide groups is 1. The number of hydrogen-bond acceptors (Lipinski definition) is 4. The first kappa shape index (κ1) is 18.9. The van der Waals surface area contributed by atoms with E-state index in [1.165, 1.54) is 6.08 Å². The summed E-state index contributed by atoms with van der Waals surface area (Å²) in [5, 5.41) is 5.30. The minimum Gasteiger partial charge on any atom is -0.348 e. The van der Waals surface area contributed by atoms with Crippen LogP contribution < -0.4 is 10.6 Å². The Hall–Kier alpha value is -2.83. The van der Waals surface area contributed by atoms with Gasteiger partial charge >= 0.3 is 0 Å². The average Bonchev–Trinajstić information content (AvgIpc) is 2.97. The van der Waals surface area contributed by atoms with Crippen LogP contribution in [0.3, 0.4) is 0 Å². The molecule has 5 nitrogen and oxygen atoms in total. The summed E-state index contributed by atoms with van der Waals surface area (Å²) in [6.45, 7) is 0.422. The molecule has 7 heteroatoms. The maximum absolute atomic E-state index is 11.9. The summed E-state index contributed by atoms with van der Waals surface area (Å²) in [5.74, 6) is -0.583. The lowest BCUT2D eigenvalue weighted by Crippen LogP contribution is -2.20. The first-order valence-corrected chi connectivity index (χ1v) is 9.24. The highest BCUT2D eigenvalue weighted by molar-refractivity contribution is 8.18. The van der Waals surface area contributed by atoms with Crippen LogP contribution in [0.1, 0.15) is 16.7 Å². The highest BCUT2D eigenvalue weighted by Gasteiger charge is 2.24. The molecule has 1 aliphatic heterocycles. The van der Waals surface area contributed by atoms with Crippen molar-refractivity contribution in [1.82, 2.24) is 10.6 Å². The predicted molar refractivity (Wildman–Crippen MR) is 108 cm³/mol. The van der Waals surface area contributed by atoms with Crippen molar-refractivity contribution in [3.05, 3.63) is 81.2 Å². The Morgan fingerprint density at radius 1 is 1.04 bits per heavy atom. The van der Waals surface area contributed by atoms with E-state index in [-0.39, 0.29) is 17.1 Å². The molecule has 1 fully saturated rings. The lowest BCUT2D eigenvalue weighted by atomic mass is 10.1. The number of amides is 3. The largest absolute Gasteiger partial charge is 0.348 e. The van der Waals surface area contributed by atoms with Gasteiger partial charge in [-0.05, 0) is 52.7 Å². The van der Waals surface area contributed by atoms with Gasteiger partial charge in [0.05, 0.1) is 4.91 Å². The smallest absolute Gasteiger partial charge is 0.290 e. The van der Waals surface area contributed by atoms with Gasteiger partial charge in [-0.2, -0.15) is 0 Å². The number of rotatable bonds is 5. The van der Waals surface area contributed by atoms with Gasteiger partial charge in [-0.15, -0.1) is 0 Å². The van der Waals surface area contributed by atoms with E-state index in [4.69, 9.17) is 11.6 Å². The zero-order chi connectivity index (χ0) is 19.2. The molecule has 3 rings (SSSR count). The third-order valence-corrected chi connectivity index (χ3v) is 4.75. The molecule has 0 aliphatic carbocycles. The number of carbonyl (C=O) groups excluding carboxylic acids is 3. The van der Waals surface area contributed by atoms with Crippen LogP contribution in [0, 0.1) is 0 Å². The second kappa shape index (κ2) is 8.70. The van der Waals surface area contributed by atoms with E-state index in [2.05, 4.69) is 10.6 Å². The van der Waals surface area contributed by atoms with Crippen molar-refractivity contribution < 1.29 is 14.4 Å². The van der Waals surface area contributed by atoms with E-state index in [0.717, 1.165) is 28.5 Å². The summed E-state index contributed by atoms with van der Waals surface area (Å²) >= 11 is 6.70. The van der Waals surface area contributed by atoms with Gasteiger partial charge in [0.25, 0.3) is 11.1 Å². The molecule has 1 heterocycles. The Kier molecular flexibility index (Phi) is 6.11. The Morgan fingerprint density at radius 3 is 2.33 bits per heavy atom. The SMILES string of the molecule is O=C(C=Cc1ccc(C=C2SC(=O)NC2=O)cc1)NCc1ccc(Cl)cc1. The fourth-order valence-corrected chi connectivity index (χ4v) is 3.11. The number of benzene rings is 2. The molecule has 0 saturated carbocycles. The summed E-state index contributed by atoms with van der Waals surface area (Å²) in [6.07, 6.45) is 4.81. The van der Waals surface area contributed by atoms with E-state index in [0.29, 0.717) is 16.5 Å². The summed E-state index contributed by atoms with van der Waals surface area (Å²) in [4.78, 5) is 35.0. The first-order valence-electron chi connectivity index (χ1n) is 8.05. The number of halogens is 1. The Balaban J connectivity index is 1.55. The van der Waals surface area contributed by atoms with Gasteiger partial charge in [0.2, 0.25) is 5.91 Å². The molecule has 1 aliphatic rings. The van der Waals surface area contributed by atoms with Gasteiger partial charge in [-0.25, -0.2) is 0 Å². The average molecular weight is 399 g/mol. The molecule has 0 radical (unpaired) electrons. The molecular formula is C20H15ClN2O3S. The fourth-order valence-electron chi connectivity index (χ4n) is 2.30. The molecule has 3 amide bonds. The van der Waals surface area contributed by atoms with Crippen molar-refractivity contribution in [1.29, 1.82) is 0 Å². The molecule has 2 aromatic rings. The Labute approximate surface area is 165 Å². The van der Waals surface area contributed by atoms with Crippen LogP contribution in [-0.2, 0) is 16.1 Å². The molecule has 0 atom stereocenters. The number of hydrogen-bond donors (Lipinski definition) is 2. The van der Waals surface area contributed by atoms with Gasteiger partial charge in [0.15, 0.2) is 0 Å². The number of thioether (sulfide) groups is 1. The summed E-state index contributed by atoms with van der Waals surface area (Å²) < 4.78 is 0. The van der Waals surface area contributed by atoms with E-state index < -0.39 is 0 Å². The van der Waals surface area contributed by atoms with Gasteiger partial charge in [0, 0.05) is 17.6 Å². The van der Waals surface area contributed by atoms with Gasteiger partial charge in [0.1, 0.15) is 0 Å². The maximum Gasteiger partial charge on any atom is 0.290 e. The molecule has 2 N–H and O–H groups in total. The van der Waals surface area contributed by atoms with E-state index in [1.54, 1.807) is 24.3 Å². The van der Waals surface area contributed by atoms with Gasteiger partial charge in [-0.1, -0.05) is 48.0 Å². The minimum atomic E-state index is -0.383. The summed E-state index contributed by atoms with van der Waals surface area (Å²) in [7, 11) is 0. The monoisotopic (exact) mass is 398 g/mol. The number of carbonyl (C=O) groups is 3. The normalized spacial score (nSPS) is 15.4. The van der Waals surface area contributed by atoms with Crippen molar-refractivity contribution in [2.45, 2.75) is 6.54 Å². The predicted octanol–water partition coefficient (Wildman–Crippen LogP) is 3.99. The van der Waals surface area contributed by atoms with Crippen LogP contribution in [0.5, 0.6) is 0 Å². The molecule has 0 aromatic heterocycles. The van der Waals surface area contributed by atoms with Gasteiger partial charge < -0.3 is 5.32 Å². The first-order chi connectivity index (χ1) is 13.0. The van der Waals surface area contributed by atoms with Crippen LogP contribution in [0.4, 0.5) is 4.79 Å². The standard InChI is InChI=1S/C20H15ClN2O3S/c21-16-8-5-15(6-9-16)12-22-18(24)10-7-13-1-3-14(4-2-13)11-17-19(25)23-20(26)27-17/h1-11H,12H2,(H,22,24)(H,23,25,26). The highest BCUT2D eigenvalue weighted by atomic mass is 35.5. The molecule has 136 valence electrons. The molecule has 0 spiro atoms. The third kappa shape index (κ3) is 5.57. The topological polar surface area (TPSA) is 75.3 Å². The molecule has 0 unspecified atom stereocenters. The van der Waals surface area contributed by atoms with Crippen molar-refractivity contribution in [3.8, 4) is 0 Å². The van der Waals surface area contributed by atoms with Crippen molar-refractivity contribution in [3.63, 3.8) is 0 Å². The molecular weight excluding hydrogens is 384 g/mol. The van der Waals surface area contributed by atoms with Crippen molar-refractivity contribution >= 4 is 52.6 Å². The molecule has 2 aromatic carbocycles. The van der Waals surface area contributed by atoms with E-state index >= 15 is 0 Å². The second-order valence-corrected chi connectivity index (χ2v) is 7.15. The molecule has 27 heavy (non-hydrogen) atoms. The van der Waals surface area contributed by atoms with Crippen LogP contribution in [0.15, 0.2) is 59.5 Å². The maximum atomic E-state index is 11.9. The van der Waals surface area contributed by atoms with Crippen LogP contribution in [0.2, 0.25) is 5.02 Å². The minimum absolute atomic E-state index is 0.200. The fraction of sp³-hybridized carbons (Fsp3) is 0.0500. The lowest BCUT2D eigenvalue weighted by Gasteiger charge is -2.02. The zero-order valence-electron chi connectivity index (χ0n) is 14.1. The molecule has 1 saturated heterocycles. The Bertz CT molecular complexity index is 935. The second-order valence-electron chi connectivity index (χ2n) is 5.70. The lowest BCUT2D eigenvalue weighted by molar-refractivity contribution is -0.117. The third-order valence-electron chi connectivity index (χ3n) is 3.68. The van der Waals surface area contributed by atoms with Crippen LogP contribution >= 0.6 is 23.4 Å². The molecule has 0 bridgehead atoms. The Morgan fingerprint density at radius 2 is 1.70 bits per heavy atom. The van der Waals surface area contributed by atoms with E-state index in [1.807, 2.05) is 36.4 Å². The quantitative estimate of drug-likeness (QED) is 0.746. The van der Waals surface area contributed by atoms with Crippen molar-refractivity contribution in [2.75, 3.05) is 0 Å².